The Balaban J connectivity index is 1.85. The van der Waals surface area contributed by atoms with Crippen molar-refractivity contribution < 1.29 is 0 Å². The number of fused-ring (bicyclic) bond motifs is 2. The summed E-state index contributed by atoms with van der Waals surface area (Å²) < 4.78 is 0. The SMILES string of the molecule is O=c1cc[nH]c2nc(-c3cccnc3)c(-c3ccc4ncccc4c3)nc12. The number of H-pyrrole nitrogens is 1. The lowest BCUT2D eigenvalue weighted by Crippen LogP contribution is -2.06. The molecule has 0 aliphatic carbocycles. The van der Waals surface area contributed by atoms with Gasteiger partial charge in [-0.2, -0.15) is 0 Å². The zero-order valence-corrected chi connectivity index (χ0v) is 14.1. The molecule has 0 aliphatic heterocycles. The average molecular weight is 351 g/mol. The van der Waals surface area contributed by atoms with E-state index in [1.54, 1.807) is 24.8 Å². The lowest BCUT2D eigenvalue weighted by atomic mass is 10.0. The molecule has 6 heteroatoms. The van der Waals surface area contributed by atoms with Gasteiger partial charge >= 0.3 is 0 Å². The Morgan fingerprint density at radius 3 is 2.63 bits per heavy atom. The smallest absolute Gasteiger partial charge is 0.209 e. The molecule has 0 saturated heterocycles. The number of hydrogen-bond donors (Lipinski definition) is 1. The highest BCUT2D eigenvalue weighted by Gasteiger charge is 2.15. The molecule has 5 aromatic rings. The molecule has 0 atom stereocenters. The van der Waals surface area contributed by atoms with Crippen LogP contribution in [0.2, 0.25) is 0 Å². The number of aromatic amines is 1. The second-order valence-corrected chi connectivity index (χ2v) is 6.11. The second kappa shape index (κ2) is 6.10. The second-order valence-electron chi connectivity index (χ2n) is 6.11. The molecule has 0 radical (unpaired) electrons. The normalized spacial score (nSPS) is 11.1. The maximum Gasteiger partial charge on any atom is 0.209 e. The first-order valence-corrected chi connectivity index (χ1v) is 8.44. The molecule has 0 unspecified atom stereocenters. The Kier molecular flexibility index (Phi) is 3.47. The Morgan fingerprint density at radius 1 is 0.852 bits per heavy atom. The van der Waals surface area contributed by atoms with Crippen LogP contribution < -0.4 is 5.43 Å². The first-order valence-electron chi connectivity index (χ1n) is 8.44. The highest BCUT2D eigenvalue weighted by Crippen LogP contribution is 2.31. The van der Waals surface area contributed by atoms with Crippen LogP contribution in [0.1, 0.15) is 0 Å². The molecule has 0 saturated carbocycles. The maximum atomic E-state index is 12.3. The summed E-state index contributed by atoms with van der Waals surface area (Å²) >= 11 is 0. The predicted octanol–water partition coefficient (Wildman–Crippen LogP) is 3.60. The van der Waals surface area contributed by atoms with Gasteiger partial charge in [0, 0.05) is 47.4 Å². The first kappa shape index (κ1) is 15.3. The number of nitrogens with one attached hydrogen (secondary N) is 1. The van der Waals surface area contributed by atoms with Gasteiger partial charge in [-0.15, -0.1) is 0 Å². The molecule has 1 N–H and O–H groups in total. The van der Waals surface area contributed by atoms with Crippen molar-refractivity contribution in [2.75, 3.05) is 0 Å². The largest absolute Gasteiger partial charge is 0.345 e. The number of nitrogens with zero attached hydrogens (tertiary/aromatic N) is 4. The van der Waals surface area contributed by atoms with Crippen molar-refractivity contribution in [3.8, 4) is 22.5 Å². The van der Waals surface area contributed by atoms with Gasteiger partial charge < -0.3 is 4.98 Å². The Hall–Kier alpha value is -3.93. The van der Waals surface area contributed by atoms with E-state index in [2.05, 4.69) is 24.9 Å². The van der Waals surface area contributed by atoms with Gasteiger partial charge in [-0.3, -0.25) is 14.8 Å². The fourth-order valence-electron chi connectivity index (χ4n) is 3.11. The van der Waals surface area contributed by atoms with E-state index >= 15 is 0 Å². The van der Waals surface area contributed by atoms with Crippen LogP contribution in [0.25, 0.3) is 44.6 Å². The molecule has 128 valence electrons. The quantitative estimate of drug-likeness (QED) is 0.525. The van der Waals surface area contributed by atoms with Crippen molar-refractivity contribution >= 4 is 22.1 Å². The van der Waals surface area contributed by atoms with Gasteiger partial charge in [-0.05, 0) is 30.3 Å². The maximum absolute atomic E-state index is 12.3. The van der Waals surface area contributed by atoms with Crippen molar-refractivity contribution in [2.24, 2.45) is 0 Å². The van der Waals surface area contributed by atoms with Gasteiger partial charge in [-0.25, -0.2) is 9.97 Å². The van der Waals surface area contributed by atoms with Crippen LogP contribution in [0, 0.1) is 0 Å². The minimum atomic E-state index is -0.169. The molecule has 4 aromatic heterocycles. The summed E-state index contributed by atoms with van der Waals surface area (Å²) in [6.45, 7) is 0. The van der Waals surface area contributed by atoms with Crippen molar-refractivity contribution in [3.05, 3.63) is 83.5 Å². The van der Waals surface area contributed by atoms with Gasteiger partial charge in [0.05, 0.1) is 11.2 Å². The van der Waals surface area contributed by atoms with Crippen LogP contribution in [0.15, 0.2) is 78.1 Å². The summed E-state index contributed by atoms with van der Waals surface area (Å²) in [6, 6.07) is 15.0. The van der Waals surface area contributed by atoms with Crippen LogP contribution in [-0.2, 0) is 0 Å². The Labute approximate surface area is 153 Å². The zero-order valence-electron chi connectivity index (χ0n) is 14.1. The summed E-state index contributed by atoms with van der Waals surface area (Å²) in [7, 11) is 0. The van der Waals surface area contributed by atoms with Gasteiger partial charge in [0.25, 0.3) is 0 Å². The van der Waals surface area contributed by atoms with E-state index < -0.39 is 0 Å². The lowest BCUT2D eigenvalue weighted by Gasteiger charge is -2.10. The van der Waals surface area contributed by atoms with E-state index in [-0.39, 0.29) is 5.43 Å². The molecule has 4 heterocycles. The molecule has 0 aliphatic rings. The summed E-state index contributed by atoms with van der Waals surface area (Å²) in [5.74, 6) is 0. The third-order valence-corrected chi connectivity index (χ3v) is 4.40. The van der Waals surface area contributed by atoms with E-state index in [9.17, 15) is 4.79 Å². The van der Waals surface area contributed by atoms with Gasteiger partial charge in [-0.1, -0.05) is 12.1 Å². The molecule has 0 amide bonds. The number of rotatable bonds is 2. The predicted molar refractivity (Wildman–Crippen MR) is 104 cm³/mol. The van der Waals surface area contributed by atoms with Crippen LogP contribution in [0.4, 0.5) is 0 Å². The Morgan fingerprint density at radius 2 is 1.74 bits per heavy atom. The third kappa shape index (κ3) is 2.64. The van der Waals surface area contributed by atoms with Crippen LogP contribution in [0.3, 0.4) is 0 Å². The molecule has 0 fully saturated rings. The number of benzene rings is 1. The first-order chi connectivity index (χ1) is 13.3. The van der Waals surface area contributed by atoms with Crippen molar-refractivity contribution in [2.45, 2.75) is 0 Å². The fraction of sp³-hybridized carbons (Fsp3) is 0. The van der Waals surface area contributed by atoms with Crippen molar-refractivity contribution in [1.82, 2.24) is 24.9 Å². The summed E-state index contributed by atoms with van der Waals surface area (Å²) in [5.41, 5.74) is 4.50. The molecule has 0 bridgehead atoms. The highest BCUT2D eigenvalue weighted by atomic mass is 16.1. The van der Waals surface area contributed by atoms with E-state index in [1.165, 1.54) is 6.07 Å². The summed E-state index contributed by atoms with van der Waals surface area (Å²) in [5, 5.41) is 0.996. The minimum absolute atomic E-state index is 0.169. The fourth-order valence-corrected chi connectivity index (χ4v) is 3.11. The summed E-state index contributed by atoms with van der Waals surface area (Å²) in [4.78, 5) is 33.2. The third-order valence-electron chi connectivity index (χ3n) is 4.40. The molecular formula is C21H13N5O. The van der Waals surface area contributed by atoms with E-state index in [0.29, 0.717) is 22.6 Å². The van der Waals surface area contributed by atoms with Gasteiger partial charge in [0.1, 0.15) is 5.69 Å². The van der Waals surface area contributed by atoms with Crippen molar-refractivity contribution in [1.29, 1.82) is 0 Å². The Bertz CT molecular complexity index is 1350. The topological polar surface area (TPSA) is 84.4 Å². The van der Waals surface area contributed by atoms with Gasteiger partial charge in [0.2, 0.25) is 5.43 Å². The summed E-state index contributed by atoms with van der Waals surface area (Å²) in [6.07, 6.45) is 6.79. The van der Waals surface area contributed by atoms with Crippen molar-refractivity contribution in [3.63, 3.8) is 0 Å². The van der Waals surface area contributed by atoms with Crippen LogP contribution in [-0.4, -0.2) is 24.9 Å². The standard InChI is InChI=1S/C21H13N5O/c27-17-7-10-24-21-20(17)25-18(19(26-21)15-4-1-8-22-12-15)14-5-6-16-13(11-14)3-2-9-23-16/h1-12H,(H,24,26,27). The molecule has 1 aromatic carbocycles. The van der Waals surface area contributed by atoms with Gasteiger partial charge in [0.15, 0.2) is 11.2 Å². The average Bonchev–Trinajstić information content (AvgIpc) is 2.73. The van der Waals surface area contributed by atoms with Crippen LogP contribution in [0.5, 0.6) is 0 Å². The number of aromatic nitrogens is 5. The molecule has 6 nitrogen and oxygen atoms in total. The minimum Gasteiger partial charge on any atom is -0.345 e. The number of pyridine rings is 3. The zero-order chi connectivity index (χ0) is 18.2. The molecule has 27 heavy (non-hydrogen) atoms. The highest BCUT2D eigenvalue weighted by molar-refractivity contribution is 5.89. The van der Waals surface area contributed by atoms with E-state index in [4.69, 9.17) is 0 Å². The molecule has 5 rings (SSSR count). The number of hydrogen-bond acceptors (Lipinski definition) is 5. The van der Waals surface area contributed by atoms with E-state index in [0.717, 1.165) is 22.0 Å². The lowest BCUT2D eigenvalue weighted by molar-refractivity contribution is 1.21. The monoisotopic (exact) mass is 351 g/mol. The molecular weight excluding hydrogens is 338 g/mol. The molecule has 0 spiro atoms. The van der Waals surface area contributed by atoms with E-state index in [1.807, 2.05) is 42.5 Å². The van der Waals surface area contributed by atoms with Crippen LogP contribution >= 0.6 is 0 Å².